The average molecular weight is 289 g/mol. The van der Waals surface area contributed by atoms with Crippen LogP contribution in [0.2, 0.25) is 0 Å². The van der Waals surface area contributed by atoms with Crippen LogP contribution in [0.4, 0.5) is 0 Å². The Morgan fingerprint density at radius 3 is 2.45 bits per heavy atom. The van der Waals surface area contributed by atoms with Crippen molar-refractivity contribution in [1.82, 2.24) is 5.32 Å². The van der Waals surface area contributed by atoms with Gasteiger partial charge in [0.1, 0.15) is 0 Å². The normalized spacial score (nSPS) is 13.1. The summed E-state index contributed by atoms with van der Waals surface area (Å²) in [7, 11) is 0. The summed E-state index contributed by atoms with van der Waals surface area (Å²) < 4.78 is 10.7. The zero-order chi connectivity index (χ0) is 15.1. The smallest absolute Gasteiger partial charge is 0.0897 e. The molecule has 0 saturated heterocycles. The first kappa shape index (κ1) is 19.8. The van der Waals surface area contributed by atoms with Crippen LogP contribution in [0.25, 0.3) is 0 Å². The summed E-state index contributed by atoms with van der Waals surface area (Å²) in [6, 6.07) is 0. The predicted molar refractivity (Wildman–Crippen MR) is 84.1 cm³/mol. The Kier molecular flexibility index (Phi) is 15.1. The van der Waals surface area contributed by atoms with Gasteiger partial charge in [-0.15, -0.1) is 0 Å². The van der Waals surface area contributed by atoms with Crippen molar-refractivity contribution in [3.05, 3.63) is 0 Å². The average Bonchev–Trinajstić information content (AvgIpc) is 2.41. The molecule has 0 rings (SSSR count). The van der Waals surface area contributed by atoms with Gasteiger partial charge in [-0.25, -0.2) is 0 Å². The van der Waals surface area contributed by atoms with E-state index >= 15 is 0 Å². The predicted octanol–water partition coefficient (Wildman–Crippen LogP) is 2.60. The van der Waals surface area contributed by atoms with Crippen LogP contribution in [0.1, 0.15) is 52.9 Å². The lowest BCUT2D eigenvalue weighted by molar-refractivity contribution is 0.00396. The van der Waals surface area contributed by atoms with E-state index in [0.29, 0.717) is 26.4 Å². The molecule has 4 nitrogen and oxygen atoms in total. The topological polar surface area (TPSA) is 50.7 Å². The van der Waals surface area contributed by atoms with Crippen LogP contribution >= 0.6 is 0 Å². The summed E-state index contributed by atoms with van der Waals surface area (Å²) in [5, 5.41) is 13.0. The fourth-order valence-electron chi connectivity index (χ4n) is 1.82. The standard InChI is InChI=1S/C16H35NO3/c1-4-5-10-19-11-12-20-14-16(18)13-17-9-7-6-8-15(2)3/h15-18H,4-14H2,1-3H3. The van der Waals surface area contributed by atoms with Crippen LogP contribution < -0.4 is 5.32 Å². The van der Waals surface area contributed by atoms with E-state index in [-0.39, 0.29) is 0 Å². The Balaban J connectivity index is 3.14. The minimum absolute atomic E-state index is 0.385. The maximum atomic E-state index is 9.71. The minimum Gasteiger partial charge on any atom is -0.389 e. The first-order valence-electron chi connectivity index (χ1n) is 8.21. The van der Waals surface area contributed by atoms with Gasteiger partial charge in [0.05, 0.1) is 25.9 Å². The van der Waals surface area contributed by atoms with Crippen molar-refractivity contribution >= 4 is 0 Å². The molecule has 0 amide bonds. The second-order valence-corrected chi connectivity index (χ2v) is 5.79. The van der Waals surface area contributed by atoms with Gasteiger partial charge >= 0.3 is 0 Å². The zero-order valence-corrected chi connectivity index (χ0v) is 13.7. The second-order valence-electron chi connectivity index (χ2n) is 5.79. The van der Waals surface area contributed by atoms with E-state index in [4.69, 9.17) is 9.47 Å². The third kappa shape index (κ3) is 15.9. The number of ether oxygens (including phenoxy) is 2. The van der Waals surface area contributed by atoms with Gasteiger partial charge in [-0.1, -0.05) is 40.0 Å². The molecule has 0 bridgehead atoms. The molecule has 2 N–H and O–H groups in total. The number of hydrogen-bond acceptors (Lipinski definition) is 4. The van der Waals surface area contributed by atoms with Gasteiger partial charge < -0.3 is 19.9 Å². The van der Waals surface area contributed by atoms with E-state index in [1.807, 2.05) is 0 Å². The van der Waals surface area contributed by atoms with E-state index in [1.54, 1.807) is 0 Å². The summed E-state index contributed by atoms with van der Waals surface area (Å²) in [4.78, 5) is 0. The highest BCUT2D eigenvalue weighted by atomic mass is 16.5. The first-order chi connectivity index (χ1) is 9.66. The number of aliphatic hydroxyl groups is 1. The molecule has 1 unspecified atom stereocenters. The lowest BCUT2D eigenvalue weighted by atomic mass is 10.1. The summed E-state index contributed by atoms with van der Waals surface area (Å²) in [5.74, 6) is 0.786. The largest absolute Gasteiger partial charge is 0.389 e. The van der Waals surface area contributed by atoms with Crippen molar-refractivity contribution < 1.29 is 14.6 Å². The molecule has 20 heavy (non-hydrogen) atoms. The molecule has 0 spiro atoms. The van der Waals surface area contributed by atoms with Gasteiger partial charge in [0, 0.05) is 13.2 Å². The summed E-state index contributed by atoms with van der Waals surface area (Å²) in [6.45, 7) is 10.6. The second kappa shape index (κ2) is 15.2. The number of nitrogens with one attached hydrogen (secondary N) is 1. The van der Waals surface area contributed by atoms with E-state index < -0.39 is 6.10 Å². The summed E-state index contributed by atoms with van der Waals surface area (Å²) >= 11 is 0. The van der Waals surface area contributed by atoms with Crippen molar-refractivity contribution in [2.24, 2.45) is 5.92 Å². The number of rotatable bonds is 15. The monoisotopic (exact) mass is 289 g/mol. The maximum absolute atomic E-state index is 9.71. The van der Waals surface area contributed by atoms with Crippen molar-refractivity contribution in [3.63, 3.8) is 0 Å². The van der Waals surface area contributed by atoms with Crippen LogP contribution in [-0.2, 0) is 9.47 Å². The quantitative estimate of drug-likeness (QED) is 0.455. The first-order valence-corrected chi connectivity index (χ1v) is 8.21. The van der Waals surface area contributed by atoms with Gasteiger partial charge in [0.15, 0.2) is 0 Å². The molecule has 122 valence electrons. The van der Waals surface area contributed by atoms with Crippen LogP contribution in [0, 0.1) is 5.92 Å². The molecule has 0 aromatic rings. The molecule has 0 aliphatic heterocycles. The molecule has 0 heterocycles. The minimum atomic E-state index is -0.421. The van der Waals surface area contributed by atoms with E-state index in [1.165, 1.54) is 19.3 Å². The van der Waals surface area contributed by atoms with Gasteiger partial charge in [-0.2, -0.15) is 0 Å². The molecule has 1 atom stereocenters. The maximum Gasteiger partial charge on any atom is 0.0897 e. The zero-order valence-electron chi connectivity index (χ0n) is 13.7. The summed E-state index contributed by atoms with van der Waals surface area (Å²) in [5.41, 5.74) is 0. The van der Waals surface area contributed by atoms with Gasteiger partial charge in [-0.3, -0.25) is 0 Å². The molecule has 0 saturated carbocycles. The Bertz CT molecular complexity index is 189. The Hall–Kier alpha value is -0.160. The Labute approximate surface area is 125 Å². The SMILES string of the molecule is CCCCOCCOCC(O)CNCCCCC(C)C. The number of unbranched alkanes of at least 4 members (excludes halogenated alkanes) is 2. The third-order valence-electron chi connectivity index (χ3n) is 3.09. The third-order valence-corrected chi connectivity index (χ3v) is 3.09. The molecule has 0 aliphatic carbocycles. The lowest BCUT2D eigenvalue weighted by Gasteiger charge is -2.12. The van der Waals surface area contributed by atoms with E-state index in [2.05, 4.69) is 26.1 Å². The van der Waals surface area contributed by atoms with Gasteiger partial charge in [-0.05, 0) is 25.3 Å². The molecular formula is C16H35NO3. The van der Waals surface area contributed by atoms with Crippen molar-refractivity contribution in [1.29, 1.82) is 0 Å². The van der Waals surface area contributed by atoms with Gasteiger partial charge in [0.25, 0.3) is 0 Å². The highest BCUT2D eigenvalue weighted by Gasteiger charge is 2.03. The summed E-state index contributed by atoms with van der Waals surface area (Å²) in [6.07, 6.45) is 5.55. The number of aliphatic hydroxyl groups excluding tert-OH is 1. The van der Waals surface area contributed by atoms with Gasteiger partial charge in [0.2, 0.25) is 0 Å². The Morgan fingerprint density at radius 1 is 1.00 bits per heavy atom. The van der Waals surface area contributed by atoms with Crippen LogP contribution in [0.3, 0.4) is 0 Å². The molecule has 0 radical (unpaired) electrons. The fourth-order valence-corrected chi connectivity index (χ4v) is 1.82. The molecule has 0 aliphatic rings. The van der Waals surface area contributed by atoms with Crippen LogP contribution in [-0.4, -0.2) is 50.7 Å². The fraction of sp³-hybridized carbons (Fsp3) is 1.00. The molecule has 0 aromatic heterocycles. The van der Waals surface area contributed by atoms with E-state index in [9.17, 15) is 5.11 Å². The number of hydrogen-bond donors (Lipinski definition) is 2. The van der Waals surface area contributed by atoms with E-state index in [0.717, 1.165) is 31.9 Å². The van der Waals surface area contributed by atoms with Crippen molar-refractivity contribution in [2.75, 3.05) is 39.5 Å². The molecule has 4 heteroatoms. The molecule has 0 fully saturated rings. The highest BCUT2D eigenvalue weighted by molar-refractivity contribution is 4.59. The van der Waals surface area contributed by atoms with Crippen molar-refractivity contribution in [3.8, 4) is 0 Å². The highest BCUT2D eigenvalue weighted by Crippen LogP contribution is 2.04. The van der Waals surface area contributed by atoms with Crippen molar-refractivity contribution in [2.45, 2.75) is 59.0 Å². The molecule has 0 aromatic carbocycles. The molecular weight excluding hydrogens is 254 g/mol. The van der Waals surface area contributed by atoms with Crippen LogP contribution in [0.5, 0.6) is 0 Å². The lowest BCUT2D eigenvalue weighted by Crippen LogP contribution is -2.31. The van der Waals surface area contributed by atoms with Crippen LogP contribution in [0.15, 0.2) is 0 Å². The Morgan fingerprint density at radius 2 is 1.75 bits per heavy atom.